The molecule has 0 bridgehead atoms. The number of alkyl halides is 3. The molecule has 2 N–H and O–H groups in total. The normalized spacial score (nSPS) is 15.9. The Balaban J connectivity index is 3.98. The fourth-order valence-electron chi connectivity index (χ4n) is 0.781. The van der Waals surface area contributed by atoms with E-state index in [1.54, 1.807) is 5.32 Å². The first kappa shape index (κ1) is 14.2. The first-order valence-electron chi connectivity index (χ1n) is 4.25. The average molecular weight is 229 g/mol. The molecule has 4 nitrogen and oxygen atoms in total. The van der Waals surface area contributed by atoms with Gasteiger partial charge in [0.2, 0.25) is 0 Å². The summed E-state index contributed by atoms with van der Waals surface area (Å²) in [6.45, 7) is 1.06. The van der Waals surface area contributed by atoms with Gasteiger partial charge in [0.05, 0.1) is 5.60 Å². The zero-order chi connectivity index (χ0) is 12.1. The van der Waals surface area contributed by atoms with Crippen LogP contribution < -0.4 is 5.32 Å². The molecular weight excluding hydrogens is 215 g/mol. The molecule has 90 valence electrons. The van der Waals surface area contributed by atoms with E-state index in [4.69, 9.17) is 0 Å². The van der Waals surface area contributed by atoms with Crippen molar-refractivity contribution in [2.75, 3.05) is 20.3 Å². The summed E-state index contributed by atoms with van der Waals surface area (Å²) in [6.07, 6.45) is -4.78. The van der Waals surface area contributed by atoms with Crippen molar-refractivity contribution in [3.8, 4) is 0 Å². The third-order valence-electron chi connectivity index (χ3n) is 1.73. The number of rotatable bonds is 5. The zero-order valence-electron chi connectivity index (χ0n) is 8.52. The molecule has 0 rings (SSSR count). The minimum Gasteiger partial charge on any atom is -0.388 e. The third-order valence-corrected chi connectivity index (χ3v) is 1.73. The second kappa shape index (κ2) is 5.32. The molecule has 0 heterocycles. The maximum Gasteiger partial charge on any atom is 0.471 e. The van der Waals surface area contributed by atoms with Crippen molar-refractivity contribution in [2.45, 2.75) is 25.1 Å². The standard InChI is InChI=1S/C8H14F3NO3/c1-7(14,3-4-15-2)5-12-6(13)8(9,10)11/h14H,3-5H2,1-2H3,(H,12,13). The van der Waals surface area contributed by atoms with Crippen molar-refractivity contribution in [2.24, 2.45) is 0 Å². The maximum absolute atomic E-state index is 11.8. The van der Waals surface area contributed by atoms with Crippen molar-refractivity contribution >= 4 is 5.91 Å². The molecule has 0 aromatic rings. The summed E-state index contributed by atoms with van der Waals surface area (Å²) in [5, 5.41) is 11.1. The summed E-state index contributed by atoms with van der Waals surface area (Å²) in [4.78, 5) is 10.4. The minimum absolute atomic E-state index is 0.141. The number of methoxy groups -OCH3 is 1. The van der Waals surface area contributed by atoms with E-state index < -0.39 is 24.2 Å². The van der Waals surface area contributed by atoms with Crippen LogP contribution in [0.1, 0.15) is 13.3 Å². The van der Waals surface area contributed by atoms with Gasteiger partial charge in [-0.15, -0.1) is 0 Å². The highest BCUT2D eigenvalue weighted by molar-refractivity contribution is 5.81. The Hall–Kier alpha value is -0.820. The fraction of sp³-hybridized carbons (Fsp3) is 0.875. The van der Waals surface area contributed by atoms with Crippen molar-refractivity contribution in [3.63, 3.8) is 0 Å². The molecule has 0 aromatic carbocycles. The molecule has 0 saturated heterocycles. The van der Waals surface area contributed by atoms with Crippen molar-refractivity contribution in [1.82, 2.24) is 5.32 Å². The molecule has 0 aliphatic heterocycles. The van der Waals surface area contributed by atoms with Gasteiger partial charge in [-0.25, -0.2) is 0 Å². The second-order valence-corrected chi connectivity index (χ2v) is 3.42. The van der Waals surface area contributed by atoms with Gasteiger partial charge in [0.15, 0.2) is 0 Å². The van der Waals surface area contributed by atoms with Gasteiger partial charge in [-0.3, -0.25) is 4.79 Å². The Bertz CT molecular complexity index is 216. The predicted octanol–water partition coefficient (Wildman–Crippen LogP) is 0.452. The van der Waals surface area contributed by atoms with E-state index in [2.05, 4.69) is 4.74 Å². The number of halogens is 3. The van der Waals surface area contributed by atoms with Gasteiger partial charge in [-0.2, -0.15) is 13.2 Å². The molecule has 1 amide bonds. The van der Waals surface area contributed by atoms with Gasteiger partial charge < -0.3 is 15.2 Å². The molecule has 1 unspecified atom stereocenters. The van der Waals surface area contributed by atoms with Crippen LogP contribution in [0.15, 0.2) is 0 Å². The Morgan fingerprint density at radius 2 is 2.00 bits per heavy atom. The lowest BCUT2D eigenvalue weighted by molar-refractivity contribution is -0.174. The fourth-order valence-corrected chi connectivity index (χ4v) is 0.781. The second-order valence-electron chi connectivity index (χ2n) is 3.42. The molecule has 1 atom stereocenters. The molecule has 0 aromatic heterocycles. The SMILES string of the molecule is COCCC(C)(O)CNC(=O)C(F)(F)F. The van der Waals surface area contributed by atoms with E-state index in [0.717, 1.165) is 0 Å². The van der Waals surface area contributed by atoms with Crippen LogP contribution in [0.25, 0.3) is 0 Å². The largest absolute Gasteiger partial charge is 0.471 e. The van der Waals surface area contributed by atoms with E-state index in [-0.39, 0.29) is 13.0 Å². The predicted molar refractivity (Wildman–Crippen MR) is 46.2 cm³/mol. The molecular formula is C8H14F3NO3. The van der Waals surface area contributed by atoms with Crippen molar-refractivity contribution in [1.29, 1.82) is 0 Å². The van der Waals surface area contributed by atoms with E-state index in [1.165, 1.54) is 14.0 Å². The summed E-state index contributed by atoms with van der Waals surface area (Å²) in [5.41, 5.74) is -1.41. The Kier molecular flexibility index (Phi) is 5.02. The monoisotopic (exact) mass is 229 g/mol. The van der Waals surface area contributed by atoms with Crippen LogP contribution in [0.2, 0.25) is 0 Å². The highest BCUT2D eigenvalue weighted by atomic mass is 19.4. The van der Waals surface area contributed by atoms with E-state index in [9.17, 15) is 23.1 Å². The van der Waals surface area contributed by atoms with Crippen LogP contribution in [0.3, 0.4) is 0 Å². The number of amides is 1. The number of carbonyl (C=O) groups is 1. The van der Waals surface area contributed by atoms with Gasteiger partial charge in [0.1, 0.15) is 0 Å². The van der Waals surface area contributed by atoms with Crippen LogP contribution in [-0.2, 0) is 9.53 Å². The molecule has 0 aliphatic rings. The highest BCUT2D eigenvalue weighted by Gasteiger charge is 2.39. The van der Waals surface area contributed by atoms with Crippen LogP contribution in [0, 0.1) is 0 Å². The lowest BCUT2D eigenvalue weighted by atomic mass is 10.0. The first-order valence-corrected chi connectivity index (χ1v) is 4.25. The Morgan fingerprint density at radius 1 is 1.47 bits per heavy atom. The minimum atomic E-state index is -4.92. The number of hydrogen-bond acceptors (Lipinski definition) is 3. The van der Waals surface area contributed by atoms with Gasteiger partial charge in [-0.1, -0.05) is 0 Å². The zero-order valence-corrected chi connectivity index (χ0v) is 8.52. The number of nitrogens with one attached hydrogen (secondary N) is 1. The third kappa shape index (κ3) is 6.29. The van der Waals surface area contributed by atoms with Crippen molar-refractivity contribution in [3.05, 3.63) is 0 Å². The summed E-state index contributed by atoms with van der Waals surface area (Å²) in [5.74, 6) is -2.06. The van der Waals surface area contributed by atoms with Crippen molar-refractivity contribution < 1.29 is 27.8 Å². The van der Waals surface area contributed by atoms with Crippen LogP contribution in [0.5, 0.6) is 0 Å². The molecule has 0 radical (unpaired) electrons. The summed E-state index contributed by atoms with van der Waals surface area (Å²) in [6, 6.07) is 0. The number of carbonyl (C=O) groups excluding carboxylic acids is 1. The van der Waals surface area contributed by atoms with Gasteiger partial charge in [0, 0.05) is 26.7 Å². The van der Waals surface area contributed by atoms with E-state index in [1.807, 2.05) is 0 Å². The Labute approximate surface area is 85.4 Å². The van der Waals surface area contributed by atoms with Crippen LogP contribution in [-0.4, -0.2) is 43.1 Å². The highest BCUT2D eigenvalue weighted by Crippen LogP contribution is 2.15. The topological polar surface area (TPSA) is 58.6 Å². The molecule has 0 aliphatic carbocycles. The van der Waals surface area contributed by atoms with E-state index >= 15 is 0 Å². The summed E-state index contributed by atoms with van der Waals surface area (Å²) in [7, 11) is 1.41. The number of hydrogen-bond donors (Lipinski definition) is 2. The van der Waals surface area contributed by atoms with Gasteiger partial charge in [0.25, 0.3) is 0 Å². The van der Waals surface area contributed by atoms with Crippen LogP contribution >= 0.6 is 0 Å². The smallest absolute Gasteiger partial charge is 0.388 e. The lowest BCUT2D eigenvalue weighted by Gasteiger charge is -2.23. The van der Waals surface area contributed by atoms with Gasteiger partial charge in [-0.05, 0) is 6.92 Å². The number of aliphatic hydroxyl groups is 1. The Morgan fingerprint density at radius 3 is 2.40 bits per heavy atom. The summed E-state index contributed by atoms with van der Waals surface area (Å²) < 4.78 is 39.9. The average Bonchev–Trinajstić information content (AvgIpc) is 2.09. The lowest BCUT2D eigenvalue weighted by Crippen LogP contribution is -2.46. The maximum atomic E-state index is 11.8. The van der Waals surface area contributed by atoms with Gasteiger partial charge >= 0.3 is 12.1 Å². The van der Waals surface area contributed by atoms with E-state index in [0.29, 0.717) is 0 Å². The first-order chi connectivity index (χ1) is 6.69. The number of ether oxygens (including phenoxy) is 1. The molecule has 0 fully saturated rings. The molecule has 0 saturated carbocycles. The molecule has 7 heteroatoms. The van der Waals surface area contributed by atoms with Crippen LogP contribution in [0.4, 0.5) is 13.2 Å². The quantitative estimate of drug-likeness (QED) is 0.719. The summed E-state index contributed by atoms with van der Waals surface area (Å²) >= 11 is 0. The molecule has 15 heavy (non-hydrogen) atoms. The molecule has 0 spiro atoms.